The predicted octanol–water partition coefficient (Wildman–Crippen LogP) is 3.52. The van der Waals surface area contributed by atoms with Crippen molar-refractivity contribution in [1.29, 1.82) is 0 Å². The quantitative estimate of drug-likeness (QED) is 0.767. The number of fused-ring (bicyclic) bond motifs is 1. The molecule has 0 radical (unpaired) electrons. The van der Waals surface area contributed by atoms with E-state index in [4.69, 9.17) is 30.5 Å². The van der Waals surface area contributed by atoms with Crippen molar-refractivity contribution in [3.63, 3.8) is 0 Å². The molecule has 1 saturated carbocycles. The molecule has 2 aliphatic rings. The average Bonchev–Trinajstić information content (AvgIpc) is 2.99. The van der Waals surface area contributed by atoms with Crippen molar-refractivity contribution in [3.8, 4) is 11.5 Å². The van der Waals surface area contributed by atoms with Gasteiger partial charge in [0, 0.05) is 50.0 Å². The molecule has 5 nitrogen and oxygen atoms in total. The molecule has 2 fully saturated rings. The lowest BCUT2D eigenvalue weighted by Crippen LogP contribution is -2.51. The molecular weight excluding hydrogens is 342 g/mol. The first-order valence-corrected chi connectivity index (χ1v) is 9.17. The Kier molecular flexibility index (Phi) is 5.78. The summed E-state index contributed by atoms with van der Waals surface area (Å²) in [6, 6.07) is 4.09. The van der Waals surface area contributed by atoms with Gasteiger partial charge in [0.15, 0.2) is 11.5 Å². The Bertz CT molecular complexity index is 611. The molecular formula is C19H28ClNO4. The van der Waals surface area contributed by atoms with Crippen LogP contribution in [0.15, 0.2) is 12.1 Å². The molecule has 3 unspecified atom stereocenters. The van der Waals surface area contributed by atoms with Gasteiger partial charge in [0.2, 0.25) is 0 Å². The number of hydrogen-bond donors (Lipinski definition) is 0. The first kappa shape index (κ1) is 18.8. The van der Waals surface area contributed by atoms with Crippen molar-refractivity contribution >= 4 is 11.6 Å². The highest BCUT2D eigenvalue weighted by Gasteiger charge is 2.51. The predicted molar refractivity (Wildman–Crippen MR) is 97.8 cm³/mol. The van der Waals surface area contributed by atoms with Crippen molar-refractivity contribution in [1.82, 2.24) is 4.90 Å². The lowest BCUT2D eigenvalue weighted by atomic mass is 9.79. The fourth-order valence-electron chi connectivity index (χ4n) is 4.50. The highest BCUT2D eigenvalue weighted by Crippen LogP contribution is 2.44. The molecule has 25 heavy (non-hydrogen) atoms. The van der Waals surface area contributed by atoms with Gasteiger partial charge in [-0.05, 0) is 31.7 Å². The van der Waals surface area contributed by atoms with E-state index in [1.165, 1.54) is 0 Å². The summed E-state index contributed by atoms with van der Waals surface area (Å²) >= 11 is 6.28. The number of halogens is 1. The summed E-state index contributed by atoms with van der Waals surface area (Å²) in [6.45, 7) is 1.75. The zero-order chi connectivity index (χ0) is 18.0. The molecule has 3 atom stereocenters. The van der Waals surface area contributed by atoms with E-state index < -0.39 is 0 Å². The van der Waals surface area contributed by atoms with Gasteiger partial charge in [0.1, 0.15) is 0 Å². The zero-order valence-electron chi connectivity index (χ0n) is 15.5. The largest absolute Gasteiger partial charge is 0.493 e. The van der Waals surface area contributed by atoms with Gasteiger partial charge in [0.05, 0.1) is 25.9 Å². The molecule has 1 aliphatic carbocycles. The minimum atomic E-state index is -0.0646. The molecule has 3 rings (SSSR count). The fraction of sp³-hybridized carbons (Fsp3) is 0.684. The summed E-state index contributed by atoms with van der Waals surface area (Å²) in [6.07, 6.45) is 4.43. The Morgan fingerprint density at radius 3 is 2.60 bits per heavy atom. The summed E-state index contributed by atoms with van der Waals surface area (Å²) in [4.78, 5) is 2.47. The SMILES string of the molecule is COc1cc(Cl)cc(CN2CCC3(OC)CCC(OC)CC23)c1OC. The van der Waals surface area contributed by atoms with Gasteiger partial charge in [-0.1, -0.05) is 11.6 Å². The van der Waals surface area contributed by atoms with E-state index in [0.717, 1.165) is 50.1 Å². The lowest BCUT2D eigenvalue weighted by molar-refractivity contribution is -0.0947. The van der Waals surface area contributed by atoms with Gasteiger partial charge in [-0.2, -0.15) is 0 Å². The maximum atomic E-state index is 6.28. The van der Waals surface area contributed by atoms with Crippen LogP contribution in [0.5, 0.6) is 11.5 Å². The van der Waals surface area contributed by atoms with Crippen molar-refractivity contribution in [2.24, 2.45) is 0 Å². The van der Waals surface area contributed by atoms with Crippen LogP contribution in [0.4, 0.5) is 0 Å². The minimum Gasteiger partial charge on any atom is -0.493 e. The molecule has 1 aliphatic heterocycles. The zero-order valence-corrected chi connectivity index (χ0v) is 16.3. The van der Waals surface area contributed by atoms with E-state index >= 15 is 0 Å². The van der Waals surface area contributed by atoms with E-state index in [9.17, 15) is 0 Å². The Hall–Kier alpha value is -1.01. The second kappa shape index (κ2) is 7.70. The molecule has 0 spiro atoms. The van der Waals surface area contributed by atoms with Crippen LogP contribution in [0.25, 0.3) is 0 Å². The third-order valence-corrected chi connectivity index (χ3v) is 6.10. The maximum absolute atomic E-state index is 6.28. The van der Waals surface area contributed by atoms with Crippen LogP contribution in [-0.2, 0) is 16.0 Å². The average molecular weight is 370 g/mol. The number of hydrogen-bond acceptors (Lipinski definition) is 5. The van der Waals surface area contributed by atoms with Crippen LogP contribution < -0.4 is 9.47 Å². The van der Waals surface area contributed by atoms with E-state index in [1.54, 1.807) is 27.4 Å². The Balaban J connectivity index is 1.87. The standard InChI is InChI=1S/C19H28ClNO4/c1-22-15-5-6-19(25-4)7-8-21(17(19)11-15)12-13-9-14(20)10-16(23-2)18(13)24-3/h9-10,15,17H,5-8,11-12H2,1-4H3. The van der Waals surface area contributed by atoms with Crippen LogP contribution in [0.2, 0.25) is 5.02 Å². The van der Waals surface area contributed by atoms with E-state index in [2.05, 4.69) is 4.90 Å². The smallest absolute Gasteiger partial charge is 0.165 e. The van der Waals surface area contributed by atoms with Crippen LogP contribution in [0.1, 0.15) is 31.2 Å². The normalized spacial score (nSPS) is 29.5. The van der Waals surface area contributed by atoms with Gasteiger partial charge in [0.25, 0.3) is 0 Å². The topological polar surface area (TPSA) is 40.2 Å². The Morgan fingerprint density at radius 1 is 1.16 bits per heavy atom. The molecule has 1 aromatic rings. The second-order valence-corrected chi connectivity index (χ2v) is 7.37. The van der Waals surface area contributed by atoms with Crippen molar-refractivity contribution in [2.45, 2.75) is 50.0 Å². The molecule has 0 N–H and O–H groups in total. The third kappa shape index (κ3) is 3.47. The summed E-state index contributed by atoms with van der Waals surface area (Å²) in [5, 5.41) is 0.656. The van der Waals surface area contributed by atoms with Crippen LogP contribution in [0, 0.1) is 0 Å². The highest BCUT2D eigenvalue weighted by atomic mass is 35.5. The second-order valence-electron chi connectivity index (χ2n) is 6.94. The molecule has 6 heteroatoms. The van der Waals surface area contributed by atoms with Crippen LogP contribution in [0.3, 0.4) is 0 Å². The Morgan fingerprint density at radius 2 is 1.96 bits per heavy atom. The van der Waals surface area contributed by atoms with E-state index in [-0.39, 0.29) is 5.60 Å². The fourth-order valence-corrected chi connectivity index (χ4v) is 4.73. The molecule has 0 bridgehead atoms. The Labute approximate surface area is 155 Å². The molecule has 1 heterocycles. The number of nitrogens with zero attached hydrogens (tertiary/aromatic N) is 1. The van der Waals surface area contributed by atoms with Crippen LogP contribution in [-0.4, -0.2) is 57.6 Å². The molecule has 140 valence electrons. The van der Waals surface area contributed by atoms with Crippen molar-refractivity contribution in [2.75, 3.05) is 35.0 Å². The van der Waals surface area contributed by atoms with Gasteiger partial charge in [-0.25, -0.2) is 0 Å². The van der Waals surface area contributed by atoms with Crippen molar-refractivity contribution < 1.29 is 18.9 Å². The van der Waals surface area contributed by atoms with Crippen molar-refractivity contribution in [3.05, 3.63) is 22.7 Å². The summed E-state index contributed by atoms with van der Waals surface area (Å²) in [5.74, 6) is 1.42. The summed E-state index contributed by atoms with van der Waals surface area (Å²) in [7, 11) is 6.94. The van der Waals surface area contributed by atoms with Gasteiger partial charge < -0.3 is 18.9 Å². The number of likely N-dealkylation sites (tertiary alicyclic amines) is 1. The van der Waals surface area contributed by atoms with E-state index in [0.29, 0.717) is 22.9 Å². The lowest BCUT2D eigenvalue weighted by Gasteiger charge is -2.43. The minimum absolute atomic E-state index is 0.0646. The number of benzene rings is 1. The van der Waals surface area contributed by atoms with Gasteiger partial charge in [-0.3, -0.25) is 4.90 Å². The van der Waals surface area contributed by atoms with Gasteiger partial charge >= 0.3 is 0 Å². The number of methoxy groups -OCH3 is 4. The number of ether oxygens (including phenoxy) is 4. The summed E-state index contributed by atoms with van der Waals surface area (Å²) in [5.41, 5.74) is 0.976. The first-order valence-electron chi connectivity index (χ1n) is 8.79. The van der Waals surface area contributed by atoms with Crippen LogP contribution >= 0.6 is 11.6 Å². The first-order chi connectivity index (χ1) is 12.1. The third-order valence-electron chi connectivity index (χ3n) is 5.88. The summed E-state index contributed by atoms with van der Waals surface area (Å²) < 4.78 is 22.7. The van der Waals surface area contributed by atoms with E-state index in [1.807, 2.05) is 13.2 Å². The molecule has 0 aromatic heterocycles. The molecule has 1 aromatic carbocycles. The molecule has 0 amide bonds. The highest BCUT2D eigenvalue weighted by molar-refractivity contribution is 6.30. The van der Waals surface area contributed by atoms with Gasteiger partial charge in [-0.15, -0.1) is 0 Å². The molecule has 1 saturated heterocycles. The monoisotopic (exact) mass is 369 g/mol. The number of rotatable bonds is 6. The maximum Gasteiger partial charge on any atom is 0.165 e.